The lowest BCUT2D eigenvalue weighted by molar-refractivity contribution is -0.157. The van der Waals surface area contributed by atoms with Gasteiger partial charge in [0, 0.05) is 18.9 Å². The van der Waals surface area contributed by atoms with Crippen LogP contribution in [-0.2, 0) is 35.6 Å². The second-order valence-electron chi connectivity index (χ2n) is 10.6. The summed E-state index contributed by atoms with van der Waals surface area (Å²) in [6, 6.07) is 15.1. The van der Waals surface area contributed by atoms with Gasteiger partial charge in [-0.1, -0.05) is 30.3 Å². The van der Waals surface area contributed by atoms with Crippen molar-refractivity contribution in [2.45, 2.75) is 58.1 Å². The van der Waals surface area contributed by atoms with Crippen LogP contribution in [-0.4, -0.2) is 63.9 Å². The van der Waals surface area contributed by atoms with Crippen LogP contribution in [0.25, 0.3) is 0 Å². The van der Waals surface area contributed by atoms with Gasteiger partial charge in [0.05, 0.1) is 25.9 Å². The van der Waals surface area contributed by atoms with Crippen molar-refractivity contribution in [2.24, 2.45) is 11.1 Å². The lowest BCUT2D eigenvalue weighted by Gasteiger charge is -2.24. The molecule has 0 aromatic heterocycles. The molecule has 2 amide bonds. The van der Waals surface area contributed by atoms with Crippen LogP contribution in [0.4, 0.5) is 0 Å². The number of benzene rings is 2. The van der Waals surface area contributed by atoms with Gasteiger partial charge >= 0.3 is 5.97 Å². The zero-order valence-electron chi connectivity index (χ0n) is 24.1. The zero-order chi connectivity index (χ0) is 30.5. The lowest BCUT2D eigenvalue weighted by atomic mass is 9.97. The number of carbonyl (C=O) groups is 3. The topological polar surface area (TPSA) is 163 Å². The predicted molar refractivity (Wildman–Crippen MR) is 155 cm³/mol. The van der Waals surface area contributed by atoms with Gasteiger partial charge in [-0.25, -0.2) is 13.6 Å². The molecule has 0 unspecified atom stereocenters. The summed E-state index contributed by atoms with van der Waals surface area (Å²) in [4.78, 5) is 39.1. The van der Waals surface area contributed by atoms with E-state index in [9.17, 15) is 22.8 Å². The van der Waals surface area contributed by atoms with Crippen molar-refractivity contribution in [3.8, 4) is 11.5 Å². The summed E-state index contributed by atoms with van der Waals surface area (Å²) >= 11 is 0. The number of ether oxygens (including phenoxy) is 3. The van der Waals surface area contributed by atoms with Crippen molar-refractivity contribution in [1.29, 1.82) is 0 Å². The summed E-state index contributed by atoms with van der Waals surface area (Å²) in [6.45, 7) is 5.31. The molecule has 12 heteroatoms. The van der Waals surface area contributed by atoms with Gasteiger partial charge < -0.3 is 24.8 Å². The third kappa shape index (κ3) is 14.0. The number of methoxy groups -OCH3 is 1. The van der Waals surface area contributed by atoms with Crippen LogP contribution >= 0.6 is 0 Å². The third-order valence-electron chi connectivity index (χ3n) is 5.83. The average molecular weight is 592 g/mol. The van der Waals surface area contributed by atoms with E-state index in [0.717, 1.165) is 5.56 Å². The number of rotatable bonds is 16. The Morgan fingerprint density at radius 1 is 0.951 bits per heavy atom. The molecule has 4 N–H and O–H groups in total. The molecular weight excluding hydrogens is 550 g/mol. The lowest BCUT2D eigenvalue weighted by Crippen LogP contribution is -2.50. The van der Waals surface area contributed by atoms with E-state index >= 15 is 0 Å². The number of hydrogen-bond acceptors (Lipinski definition) is 8. The first kappa shape index (κ1) is 33.6. The van der Waals surface area contributed by atoms with Gasteiger partial charge in [0.2, 0.25) is 21.8 Å². The molecule has 0 saturated carbocycles. The van der Waals surface area contributed by atoms with E-state index in [-0.39, 0.29) is 19.4 Å². The number of carbonyl (C=O) groups excluding carboxylic acids is 3. The van der Waals surface area contributed by atoms with Crippen molar-refractivity contribution >= 4 is 27.8 Å². The Hall–Kier alpha value is -3.64. The molecule has 226 valence electrons. The molecule has 2 rings (SSSR count). The second kappa shape index (κ2) is 16.0. The maximum absolute atomic E-state index is 13.4. The summed E-state index contributed by atoms with van der Waals surface area (Å²) in [6.07, 6.45) is 0.730. The Bertz CT molecular complexity index is 1230. The van der Waals surface area contributed by atoms with Crippen molar-refractivity contribution in [3.63, 3.8) is 0 Å². The van der Waals surface area contributed by atoms with E-state index in [1.807, 2.05) is 18.2 Å². The van der Waals surface area contributed by atoms with Crippen LogP contribution in [0.5, 0.6) is 11.5 Å². The van der Waals surface area contributed by atoms with Crippen LogP contribution in [0, 0.1) is 5.92 Å². The van der Waals surface area contributed by atoms with E-state index in [2.05, 4.69) is 10.6 Å². The van der Waals surface area contributed by atoms with Crippen molar-refractivity contribution in [2.75, 3.05) is 26.0 Å². The Morgan fingerprint density at radius 2 is 1.59 bits per heavy atom. The molecule has 2 aromatic carbocycles. The largest absolute Gasteiger partial charge is 0.497 e. The van der Waals surface area contributed by atoms with E-state index in [4.69, 9.17) is 19.3 Å². The first-order chi connectivity index (χ1) is 19.3. The maximum atomic E-state index is 13.4. The molecule has 41 heavy (non-hydrogen) atoms. The van der Waals surface area contributed by atoms with E-state index < -0.39 is 51.1 Å². The molecule has 0 bridgehead atoms. The van der Waals surface area contributed by atoms with E-state index in [1.165, 1.54) is 0 Å². The molecule has 2 aromatic rings. The normalized spacial score (nSPS) is 13.0. The van der Waals surface area contributed by atoms with Gasteiger partial charge in [0.1, 0.15) is 23.1 Å². The maximum Gasteiger partial charge on any atom is 0.307 e. The molecule has 0 aliphatic rings. The smallest absolute Gasteiger partial charge is 0.307 e. The van der Waals surface area contributed by atoms with Crippen LogP contribution in [0.3, 0.4) is 0 Å². The Balaban J connectivity index is 2.11. The van der Waals surface area contributed by atoms with Crippen molar-refractivity contribution in [1.82, 2.24) is 10.6 Å². The molecule has 0 fully saturated rings. The number of sulfonamides is 1. The fourth-order valence-electron chi connectivity index (χ4n) is 3.89. The van der Waals surface area contributed by atoms with Gasteiger partial charge in [0.15, 0.2) is 0 Å². The highest BCUT2D eigenvalue weighted by molar-refractivity contribution is 7.89. The molecule has 0 aliphatic carbocycles. The van der Waals surface area contributed by atoms with Gasteiger partial charge in [-0.3, -0.25) is 14.4 Å². The second-order valence-corrected chi connectivity index (χ2v) is 12.3. The predicted octanol–water partition coefficient (Wildman–Crippen LogP) is 2.33. The number of primary sulfonamides is 1. The fourth-order valence-corrected chi connectivity index (χ4v) is 4.28. The minimum Gasteiger partial charge on any atom is -0.497 e. The van der Waals surface area contributed by atoms with Crippen molar-refractivity contribution < 1.29 is 37.0 Å². The quantitative estimate of drug-likeness (QED) is 0.198. The van der Waals surface area contributed by atoms with Crippen LogP contribution in [0.2, 0.25) is 0 Å². The van der Waals surface area contributed by atoms with Gasteiger partial charge in [0.25, 0.3) is 0 Å². The average Bonchev–Trinajstić information content (AvgIpc) is 2.89. The monoisotopic (exact) mass is 591 g/mol. The summed E-state index contributed by atoms with van der Waals surface area (Å²) in [5.74, 6) is -1.50. The first-order valence-electron chi connectivity index (χ1n) is 13.4. The van der Waals surface area contributed by atoms with Gasteiger partial charge in [-0.15, -0.1) is 0 Å². The van der Waals surface area contributed by atoms with E-state index in [0.29, 0.717) is 30.9 Å². The van der Waals surface area contributed by atoms with Crippen molar-refractivity contribution in [3.05, 3.63) is 60.2 Å². The van der Waals surface area contributed by atoms with Gasteiger partial charge in [-0.05, 0) is 63.4 Å². The number of hydrogen-bond donors (Lipinski definition) is 3. The van der Waals surface area contributed by atoms with E-state index in [1.54, 1.807) is 64.3 Å². The van der Waals surface area contributed by atoms with Crippen LogP contribution in [0.1, 0.15) is 45.6 Å². The minimum atomic E-state index is -3.78. The van der Waals surface area contributed by atoms with Crippen LogP contribution in [0.15, 0.2) is 54.6 Å². The zero-order valence-corrected chi connectivity index (χ0v) is 24.9. The molecule has 0 spiro atoms. The molecule has 0 radical (unpaired) electrons. The Labute approximate surface area is 242 Å². The summed E-state index contributed by atoms with van der Waals surface area (Å²) < 4.78 is 38.9. The first-order valence-corrected chi connectivity index (χ1v) is 15.1. The Kier molecular flexibility index (Phi) is 13.1. The fraction of sp³-hybridized carbons (Fsp3) is 0.483. The molecule has 2 atom stereocenters. The van der Waals surface area contributed by atoms with Gasteiger partial charge in [-0.2, -0.15) is 0 Å². The Morgan fingerprint density at radius 3 is 2.17 bits per heavy atom. The molecule has 0 saturated heterocycles. The summed E-state index contributed by atoms with van der Waals surface area (Å²) in [5.41, 5.74) is 0.0604. The van der Waals surface area contributed by atoms with Crippen LogP contribution < -0.4 is 25.2 Å². The third-order valence-corrected chi connectivity index (χ3v) is 6.60. The highest BCUT2D eigenvalue weighted by Gasteiger charge is 2.29. The number of nitrogens with two attached hydrogens (primary N) is 1. The number of nitrogens with one attached hydrogen (secondary N) is 2. The number of esters is 1. The minimum absolute atomic E-state index is 0.160. The molecule has 0 aliphatic heterocycles. The number of amides is 2. The SMILES string of the molecule is COc1ccc(OCCC[C@H](CC(=O)OC(C)(C)C)C(=O)N[C@@H](Cc2ccccc2)C(=O)NCCS(N)(=O)=O)cc1. The molecular formula is C29H41N3O8S. The highest BCUT2D eigenvalue weighted by atomic mass is 32.2. The molecule has 0 heterocycles. The molecule has 11 nitrogen and oxygen atoms in total. The standard InChI is InChI=1S/C29H41N3O8S/c1-29(2,3)40-26(33)20-22(11-8-17-39-24-14-12-23(38-4)13-15-24)27(34)32-25(19-21-9-6-5-7-10-21)28(35)31-16-18-41(30,36)37/h5-7,9-10,12-15,22,25H,8,11,16-20H2,1-4H3,(H,31,35)(H,32,34)(H2,30,36,37)/t22-,25+/m1/s1. The summed E-state index contributed by atoms with van der Waals surface area (Å²) in [5, 5.41) is 10.3. The highest BCUT2D eigenvalue weighted by Crippen LogP contribution is 2.20. The summed E-state index contributed by atoms with van der Waals surface area (Å²) in [7, 11) is -2.20.